The van der Waals surface area contributed by atoms with Crippen molar-refractivity contribution in [2.45, 2.75) is 26.9 Å². The number of carbonyl (C=O) groups excluding carboxylic acids is 3. The molecule has 0 atom stereocenters. The molecular formula is C29H27N3O7S. The van der Waals surface area contributed by atoms with Gasteiger partial charge >= 0.3 is 0 Å². The Kier molecular flexibility index (Phi) is 9.18. The molecule has 0 saturated carbocycles. The molecule has 0 spiro atoms. The summed E-state index contributed by atoms with van der Waals surface area (Å²) in [5.74, 6) is -0.135. The summed E-state index contributed by atoms with van der Waals surface area (Å²) in [5, 5.41) is 13.0. The fourth-order valence-corrected chi connectivity index (χ4v) is 4.67. The normalized spacial score (nSPS) is 13.9. The molecule has 3 aromatic carbocycles. The highest BCUT2D eigenvalue weighted by molar-refractivity contribution is 8.18. The molecule has 1 N–H and O–H groups in total. The zero-order valence-corrected chi connectivity index (χ0v) is 22.7. The third kappa shape index (κ3) is 7.06. The molecule has 11 heteroatoms. The molecule has 3 amide bonds. The number of non-ortho nitro benzene ring substituents is 1. The Morgan fingerprint density at radius 3 is 2.33 bits per heavy atom. The monoisotopic (exact) mass is 561 g/mol. The minimum atomic E-state index is -0.553. The molecule has 0 aromatic heterocycles. The van der Waals surface area contributed by atoms with Crippen LogP contribution in [0.15, 0.2) is 71.6 Å². The maximum atomic E-state index is 12.9. The van der Waals surface area contributed by atoms with Gasteiger partial charge in [-0.05, 0) is 84.3 Å². The third-order valence-electron chi connectivity index (χ3n) is 5.93. The van der Waals surface area contributed by atoms with Gasteiger partial charge in [-0.15, -0.1) is 0 Å². The zero-order valence-electron chi connectivity index (χ0n) is 21.9. The van der Waals surface area contributed by atoms with Crippen LogP contribution in [0.25, 0.3) is 6.08 Å². The second-order valence-corrected chi connectivity index (χ2v) is 9.71. The number of imide groups is 1. The second kappa shape index (κ2) is 12.9. The molecular weight excluding hydrogens is 534 g/mol. The van der Waals surface area contributed by atoms with E-state index in [0.717, 1.165) is 34.2 Å². The van der Waals surface area contributed by atoms with E-state index in [1.165, 1.54) is 12.1 Å². The predicted octanol–water partition coefficient (Wildman–Crippen LogP) is 5.81. The van der Waals surface area contributed by atoms with Crippen LogP contribution in [0, 0.1) is 10.1 Å². The summed E-state index contributed by atoms with van der Waals surface area (Å²) in [5.41, 5.74) is 3.06. The number of thioether (sulfide) groups is 1. The Morgan fingerprint density at radius 2 is 1.68 bits per heavy atom. The first-order chi connectivity index (χ1) is 19.3. The number of amides is 3. The Labute approximate surface area is 235 Å². The molecule has 0 bridgehead atoms. The van der Waals surface area contributed by atoms with Crippen molar-refractivity contribution in [3.05, 3.63) is 98.4 Å². The Balaban J connectivity index is 1.42. The van der Waals surface area contributed by atoms with E-state index in [0.29, 0.717) is 29.4 Å². The largest absolute Gasteiger partial charge is 0.490 e. The first kappa shape index (κ1) is 28.4. The highest BCUT2D eigenvalue weighted by Crippen LogP contribution is 2.35. The van der Waals surface area contributed by atoms with Gasteiger partial charge in [-0.3, -0.25) is 29.4 Å². The first-order valence-electron chi connectivity index (χ1n) is 12.5. The molecule has 3 aromatic rings. The molecule has 40 heavy (non-hydrogen) atoms. The second-order valence-electron chi connectivity index (χ2n) is 8.72. The zero-order chi connectivity index (χ0) is 28.6. The van der Waals surface area contributed by atoms with Gasteiger partial charge in [0.05, 0.1) is 16.4 Å². The van der Waals surface area contributed by atoms with E-state index in [1.807, 2.05) is 26.0 Å². The van der Waals surface area contributed by atoms with Gasteiger partial charge in [-0.25, -0.2) is 0 Å². The van der Waals surface area contributed by atoms with Crippen LogP contribution in [0.5, 0.6) is 11.5 Å². The lowest BCUT2D eigenvalue weighted by atomic mass is 10.1. The number of anilines is 1. The number of hydrogen-bond donors (Lipinski definition) is 1. The first-order valence-corrected chi connectivity index (χ1v) is 13.4. The topological polar surface area (TPSA) is 128 Å². The number of rotatable bonds is 11. The van der Waals surface area contributed by atoms with Crippen molar-refractivity contribution in [1.29, 1.82) is 0 Å². The van der Waals surface area contributed by atoms with Gasteiger partial charge in [0, 0.05) is 17.8 Å². The van der Waals surface area contributed by atoms with Gasteiger partial charge in [0.25, 0.3) is 16.8 Å². The van der Waals surface area contributed by atoms with E-state index in [4.69, 9.17) is 9.47 Å². The van der Waals surface area contributed by atoms with Crippen molar-refractivity contribution in [1.82, 2.24) is 4.90 Å². The van der Waals surface area contributed by atoms with Crippen LogP contribution in [-0.4, -0.2) is 40.0 Å². The minimum Gasteiger partial charge on any atom is -0.490 e. The third-order valence-corrected chi connectivity index (χ3v) is 6.84. The summed E-state index contributed by atoms with van der Waals surface area (Å²) in [6.45, 7) is 4.00. The van der Waals surface area contributed by atoms with Crippen molar-refractivity contribution < 1.29 is 28.8 Å². The van der Waals surface area contributed by atoms with Crippen molar-refractivity contribution in [3.8, 4) is 11.5 Å². The molecule has 0 aliphatic carbocycles. The maximum absolute atomic E-state index is 12.9. The number of hydrogen-bond acceptors (Lipinski definition) is 8. The number of benzene rings is 3. The highest BCUT2D eigenvalue weighted by Gasteiger charge is 2.36. The molecule has 1 aliphatic rings. The molecule has 0 radical (unpaired) electrons. The van der Waals surface area contributed by atoms with Crippen LogP contribution >= 0.6 is 11.8 Å². The van der Waals surface area contributed by atoms with E-state index >= 15 is 0 Å². The number of nitrogens with one attached hydrogen (secondary N) is 1. The van der Waals surface area contributed by atoms with Crippen molar-refractivity contribution in [2.75, 3.05) is 18.5 Å². The van der Waals surface area contributed by atoms with E-state index < -0.39 is 28.5 Å². The van der Waals surface area contributed by atoms with Crippen molar-refractivity contribution in [3.63, 3.8) is 0 Å². The highest BCUT2D eigenvalue weighted by atomic mass is 32.2. The van der Waals surface area contributed by atoms with E-state index in [-0.39, 0.29) is 17.2 Å². The summed E-state index contributed by atoms with van der Waals surface area (Å²) in [4.78, 5) is 49.4. The smallest absolute Gasteiger partial charge is 0.294 e. The van der Waals surface area contributed by atoms with E-state index in [9.17, 15) is 24.5 Å². The predicted molar refractivity (Wildman–Crippen MR) is 152 cm³/mol. The van der Waals surface area contributed by atoms with Gasteiger partial charge in [-0.1, -0.05) is 25.1 Å². The molecule has 1 fully saturated rings. The number of nitrogens with zero attached hydrogens (tertiary/aromatic N) is 2. The summed E-state index contributed by atoms with van der Waals surface area (Å²) in [6.07, 6.45) is 2.44. The fraction of sp³-hybridized carbons (Fsp3) is 0.207. The van der Waals surface area contributed by atoms with Crippen LogP contribution in [0.1, 0.15) is 30.5 Å². The summed E-state index contributed by atoms with van der Waals surface area (Å²) in [6, 6.07) is 18.5. The van der Waals surface area contributed by atoms with Gasteiger partial charge in [0.1, 0.15) is 13.2 Å². The van der Waals surface area contributed by atoms with Crippen LogP contribution < -0.4 is 14.8 Å². The van der Waals surface area contributed by atoms with Gasteiger partial charge in [0.15, 0.2) is 11.5 Å². The summed E-state index contributed by atoms with van der Waals surface area (Å²) < 4.78 is 11.6. The quantitative estimate of drug-likeness (QED) is 0.176. The maximum Gasteiger partial charge on any atom is 0.294 e. The SMILES string of the molecule is CCOc1cc(/C=C2/SC(=O)N(CC(=O)Nc3ccc(CC)cc3)C2=O)ccc1OCc1ccc([N+](=O)[O-])cc1. The van der Waals surface area contributed by atoms with Crippen LogP contribution in [0.3, 0.4) is 0 Å². The van der Waals surface area contributed by atoms with Crippen LogP contribution in [0.2, 0.25) is 0 Å². The Bertz CT molecular complexity index is 1450. The van der Waals surface area contributed by atoms with Gasteiger partial charge < -0.3 is 14.8 Å². The molecule has 4 rings (SSSR count). The molecule has 206 valence electrons. The lowest BCUT2D eigenvalue weighted by molar-refractivity contribution is -0.384. The lowest BCUT2D eigenvalue weighted by Gasteiger charge is -2.13. The average molecular weight is 562 g/mol. The van der Waals surface area contributed by atoms with E-state index in [1.54, 1.807) is 48.5 Å². The van der Waals surface area contributed by atoms with Crippen molar-refractivity contribution >= 4 is 46.3 Å². The Morgan fingerprint density at radius 1 is 0.975 bits per heavy atom. The lowest BCUT2D eigenvalue weighted by Crippen LogP contribution is -2.36. The van der Waals surface area contributed by atoms with E-state index in [2.05, 4.69) is 5.32 Å². The average Bonchev–Trinajstić information content (AvgIpc) is 3.20. The fourth-order valence-electron chi connectivity index (χ4n) is 3.83. The van der Waals surface area contributed by atoms with Gasteiger partial charge in [-0.2, -0.15) is 0 Å². The molecule has 1 aliphatic heterocycles. The minimum absolute atomic E-state index is 0.00477. The molecule has 1 heterocycles. The number of carbonyl (C=O) groups is 3. The summed E-state index contributed by atoms with van der Waals surface area (Å²) in [7, 11) is 0. The number of nitro benzene ring substituents is 1. The number of ether oxygens (including phenoxy) is 2. The molecule has 1 saturated heterocycles. The van der Waals surface area contributed by atoms with Crippen molar-refractivity contribution in [2.24, 2.45) is 0 Å². The molecule has 0 unspecified atom stereocenters. The number of aryl methyl sites for hydroxylation is 1. The molecule has 10 nitrogen and oxygen atoms in total. The summed E-state index contributed by atoms with van der Waals surface area (Å²) >= 11 is 0.762. The van der Waals surface area contributed by atoms with Crippen LogP contribution in [0.4, 0.5) is 16.2 Å². The Hall–Kier alpha value is -4.64. The standard InChI is InChI=1S/C29H27N3O7S/c1-3-19-5-10-22(11-6-19)30-27(33)17-31-28(34)26(40-29(31)35)16-21-9-14-24(25(15-21)38-4-2)39-18-20-7-12-23(13-8-20)32(36)37/h5-16H,3-4,17-18H2,1-2H3,(H,30,33)/b26-16+. The number of nitro groups is 1. The van der Waals surface area contributed by atoms with Gasteiger partial charge in [0.2, 0.25) is 5.91 Å². The van der Waals surface area contributed by atoms with Crippen LogP contribution in [-0.2, 0) is 22.6 Å².